The average Bonchev–Trinajstić information content (AvgIpc) is 2.32. The summed E-state index contributed by atoms with van der Waals surface area (Å²) in [5, 5.41) is 1.83. The van der Waals surface area contributed by atoms with Crippen LogP contribution in [0.3, 0.4) is 0 Å². The summed E-state index contributed by atoms with van der Waals surface area (Å²) in [5.74, 6) is 0. The van der Waals surface area contributed by atoms with E-state index in [4.69, 9.17) is 16.0 Å². The summed E-state index contributed by atoms with van der Waals surface area (Å²) in [6, 6.07) is 3.83. The molecule has 3 heteroatoms. The van der Waals surface area contributed by atoms with Crippen LogP contribution in [-0.4, -0.2) is 0 Å². The SMILES string of the molecule is Cc1c(Br)oc2c(C)cc(Cl)cc12. The predicted octanol–water partition coefficient (Wildman–Crippen LogP) is 4.47. The maximum Gasteiger partial charge on any atom is 0.173 e. The molecule has 1 nitrogen and oxygen atoms in total. The first kappa shape index (κ1) is 9.10. The van der Waals surface area contributed by atoms with E-state index in [0.717, 1.165) is 31.8 Å². The topological polar surface area (TPSA) is 13.1 Å². The van der Waals surface area contributed by atoms with Crippen molar-refractivity contribution in [2.24, 2.45) is 0 Å². The molecule has 0 bridgehead atoms. The maximum atomic E-state index is 5.95. The van der Waals surface area contributed by atoms with Crippen molar-refractivity contribution >= 4 is 38.5 Å². The van der Waals surface area contributed by atoms with Gasteiger partial charge in [0.15, 0.2) is 4.67 Å². The van der Waals surface area contributed by atoms with E-state index in [-0.39, 0.29) is 0 Å². The zero-order valence-electron chi connectivity index (χ0n) is 7.32. The zero-order chi connectivity index (χ0) is 9.59. The van der Waals surface area contributed by atoms with Gasteiger partial charge in [-0.05, 0) is 47.5 Å². The van der Waals surface area contributed by atoms with E-state index in [1.807, 2.05) is 26.0 Å². The minimum absolute atomic E-state index is 0.751. The number of halogens is 2. The third kappa shape index (κ3) is 1.38. The van der Waals surface area contributed by atoms with Crippen molar-refractivity contribution in [2.75, 3.05) is 0 Å². The number of furan rings is 1. The lowest BCUT2D eigenvalue weighted by atomic mass is 10.1. The standard InChI is InChI=1S/C10H8BrClO/c1-5-3-7(12)4-8-6(2)10(11)13-9(5)8/h3-4H,1-2H3. The highest BCUT2D eigenvalue weighted by Crippen LogP contribution is 2.33. The Morgan fingerprint density at radius 2 is 2.00 bits per heavy atom. The van der Waals surface area contributed by atoms with Crippen molar-refractivity contribution in [1.82, 2.24) is 0 Å². The molecule has 1 aromatic carbocycles. The highest BCUT2D eigenvalue weighted by Gasteiger charge is 2.10. The number of benzene rings is 1. The van der Waals surface area contributed by atoms with Gasteiger partial charge in [0.2, 0.25) is 0 Å². The van der Waals surface area contributed by atoms with Crippen LogP contribution in [0.25, 0.3) is 11.0 Å². The highest BCUT2D eigenvalue weighted by molar-refractivity contribution is 9.10. The van der Waals surface area contributed by atoms with E-state index in [1.165, 1.54) is 0 Å². The second-order valence-corrected chi connectivity index (χ2v) is 4.26. The molecule has 2 rings (SSSR count). The summed E-state index contributed by atoms with van der Waals surface area (Å²) in [5.41, 5.74) is 3.07. The first-order chi connectivity index (χ1) is 6.09. The fourth-order valence-electron chi connectivity index (χ4n) is 1.42. The number of rotatable bonds is 0. The quantitative estimate of drug-likeness (QED) is 0.680. The maximum absolute atomic E-state index is 5.95. The summed E-state index contributed by atoms with van der Waals surface area (Å²) in [6.45, 7) is 4.00. The molecule has 0 fully saturated rings. The van der Waals surface area contributed by atoms with E-state index in [9.17, 15) is 0 Å². The minimum atomic E-state index is 0.751. The minimum Gasteiger partial charge on any atom is -0.449 e. The fraction of sp³-hybridized carbons (Fsp3) is 0.200. The summed E-state index contributed by atoms with van der Waals surface area (Å²) in [7, 11) is 0. The van der Waals surface area contributed by atoms with E-state index in [0.29, 0.717) is 0 Å². The van der Waals surface area contributed by atoms with Gasteiger partial charge in [-0.1, -0.05) is 11.6 Å². The fourth-order valence-corrected chi connectivity index (χ4v) is 2.06. The van der Waals surface area contributed by atoms with Gasteiger partial charge in [-0.2, -0.15) is 0 Å². The lowest BCUT2D eigenvalue weighted by Gasteiger charge is -1.95. The second-order valence-electron chi connectivity index (χ2n) is 3.10. The van der Waals surface area contributed by atoms with Crippen LogP contribution >= 0.6 is 27.5 Å². The van der Waals surface area contributed by atoms with Crippen LogP contribution in [0.15, 0.2) is 21.2 Å². The van der Waals surface area contributed by atoms with Gasteiger partial charge in [-0.25, -0.2) is 0 Å². The van der Waals surface area contributed by atoms with Gasteiger partial charge in [-0.3, -0.25) is 0 Å². The third-order valence-corrected chi connectivity index (χ3v) is 3.10. The van der Waals surface area contributed by atoms with E-state index >= 15 is 0 Å². The largest absolute Gasteiger partial charge is 0.449 e. The van der Waals surface area contributed by atoms with Crippen LogP contribution in [0.2, 0.25) is 5.02 Å². The van der Waals surface area contributed by atoms with Gasteiger partial charge in [0, 0.05) is 16.0 Å². The molecule has 0 radical (unpaired) electrons. The molecule has 68 valence electrons. The third-order valence-electron chi connectivity index (χ3n) is 2.13. The Kier molecular flexibility index (Phi) is 2.12. The summed E-state index contributed by atoms with van der Waals surface area (Å²) < 4.78 is 6.33. The van der Waals surface area contributed by atoms with Gasteiger partial charge in [0.25, 0.3) is 0 Å². The average molecular weight is 260 g/mol. The molecular formula is C10H8BrClO. The number of hydrogen-bond acceptors (Lipinski definition) is 1. The Bertz CT molecular complexity index is 473. The van der Waals surface area contributed by atoms with Crippen LogP contribution in [0.5, 0.6) is 0 Å². The van der Waals surface area contributed by atoms with Crippen molar-refractivity contribution in [3.63, 3.8) is 0 Å². The zero-order valence-corrected chi connectivity index (χ0v) is 9.66. The molecular weight excluding hydrogens is 251 g/mol. The number of hydrogen-bond donors (Lipinski definition) is 0. The summed E-state index contributed by atoms with van der Waals surface area (Å²) in [6.07, 6.45) is 0. The van der Waals surface area contributed by atoms with Crippen molar-refractivity contribution in [3.8, 4) is 0 Å². The summed E-state index contributed by atoms with van der Waals surface area (Å²) in [4.78, 5) is 0. The van der Waals surface area contributed by atoms with E-state index in [2.05, 4.69) is 15.9 Å². The normalized spacial score (nSPS) is 11.1. The molecule has 0 aliphatic heterocycles. The first-order valence-corrected chi connectivity index (χ1v) is 5.11. The van der Waals surface area contributed by atoms with Crippen molar-refractivity contribution < 1.29 is 4.42 Å². The predicted molar refractivity (Wildman–Crippen MR) is 58.4 cm³/mol. The lowest BCUT2D eigenvalue weighted by molar-refractivity contribution is 0.582. The highest BCUT2D eigenvalue weighted by atomic mass is 79.9. The Hall–Kier alpha value is -0.470. The first-order valence-electron chi connectivity index (χ1n) is 3.94. The summed E-state index contributed by atoms with van der Waals surface area (Å²) >= 11 is 9.31. The molecule has 0 aliphatic carbocycles. The smallest absolute Gasteiger partial charge is 0.173 e. The molecule has 0 aliphatic rings. The molecule has 0 N–H and O–H groups in total. The Morgan fingerprint density at radius 3 is 2.69 bits per heavy atom. The van der Waals surface area contributed by atoms with Gasteiger partial charge in [-0.15, -0.1) is 0 Å². The van der Waals surface area contributed by atoms with E-state index < -0.39 is 0 Å². The van der Waals surface area contributed by atoms with Gasteiger partial charge in [0.1, 0.15) is 5.58 Å². The second kappa shape index (κ2) is 3.03. The Labute approximate surface area is 89.8 Å². The molecule has 0 amide bonds. The van der Waals surface area contributed by atoms with Gasteiger partial charge < -0.3 is 4.42 Å². The Balaban J connectivity index is 2.94. The lowest BCUT2D eigenvalue weighted by Crippen LogP contribution is -1.74. The Morgan fingerprint density at radius 1 is 1.31 bits per heavy atom. The van der Waals surface area contributed by atoms with Gasteiger partial charge >= 0.3 is 0 Å². The molecule has 0 saturated heterocycles. The molecule has 1 aromatic heterocycles. The van der Waals surface area contributed by atoms with Crippen LogP contribution in [0.4, 0.5) is 0 Å². The molecule has 13 heavy (non-hydrogen) atoms. The van der Waals surface area contributed by atoms with Crippen LogP contribution in [0.1, 0.15) is 11.1 Å². The molecule has 0 saturated carbocycles. The van der Waals surface area contributed by atoms with Crippen molar-refractivity contribution in [2.45, 2.75) is 13.8 Å². The number of aryl methyl sites for hydroxylation is 2. The monoisotopic (exact) mass is 258 g/mol. The molecule has 2 aromatic rings. The molecule has 0 unspecified atom stereocenters. The molecule has 1 heterocycles. The van der Waals surface area contributed by atoms with Crippen molar-refractivity contribution in [1.29, 1.82) is 0 Å². The van der Waals surface area contributed by atoms with Crippen molar-refractivity contribution in [3.05, 3.63) is 33.0 Å². The molecule has 0 spiro atoms. The van der Waals surface area contributed by atoms with E-state index in [1.54, 1.807) is 0 Å². The van der Waals surface area contributed by atoms with Crippen LogP contribution in [0, 0.1) is 13.8 Å². The van der Waals surface area contributed by atoms with Crippen LogP contribution < -0.4 is 0 Å². The van der Waals surface area contributed by atoms with Gasteiger partial charge in [0.05, 0.1) is 0 Å². The number of fused-ring (bicyclic) bond motifs is 1. The molecule has 0 atom stereocenters. The van der Waals surface area contributed by atoms with Crippen LogP contribution in [-0.2, 0) is 0 Å².